The third kappa shape index (κ3) is 3.45. The number of furan rings is 1. The first kappa shape index (κ1) is 13.8. The Labute approximate surface area is 126 Å². The van der Waals surface area contributed by atoms with Crippen molar-refractivity contribution >= 4 is 49.7 Å². The SMILES string of the molecule is Nc1c(Br)cc(Br)cc1C(=O)NN=Cc1ccco1. The predicted molar refractivity (Wildman–Crippen MR) is 80.0 cm³/mol. The fourth-order valence-corrected chi connectivity index (χ4v) is 2.58. The number of anilines is 1. The fraction of sp³-hybridized carbons (Fsp3) is 0. The number of nitrogens with zero attached hydrogens (tertiary/aromatic N) is 1. The summed E-state index contributed by atoms with van der Waals surface area (Å²) in [6.07, 6.45) is 2.92. The molecule has 0 atom stereocenters. The number of rotatable bonds is 3. The van der Waals surface area contributed by atoms with Crippen molar-refractivity contribution in [2.24, 2.45) is 5.10 Å². The van der Waals surface area contributed by atoms with Crippen molar-refractivity contribution < 1.29 is 9.21 Å². The Morgan fingerprint density at radius 2 is 2.21 bits per heavy atom. The van der Waals surface area contributed by atoms with E-state index in [1.165, 1.54) is 12.5 Å². The molecule has 0 aliphatic carbocycles. The van der Waals surface area contributed by atoms with E-state index < -0.39 is 5.91 Å². The van der Waals surface area contributed by atoms with E-state index in [-0.39, 0.29) is 0 Å². The summed E-state index contributed by atoms with van der Waals surface area (Å²) >= 11 is 6.57. The van der Waals surface area contributed by atoms with Gasteiger partial charge in [0.15, 0.2) is 0 Å². The molecule has 0 bridgehead atoms. The molecule has 1 heterocycles. The van der Waals surface area contributed by atoms with Crippen molar-refractivity contribution in [1.29, 1.82) is 0 Å². The maximum absolute atomic E-state index is 11.9. The summed E-state index contributed by atoms with van der Waals surface area (Å²) in [5.74, 6) is 0.144. The number of nitrogens with one attached hydrogen (secondary N) is 1. The van der Waals surface area contributed by atoms with Gasteiger partial charge in [-0.15, -0.1) is 0 Å². The number of hydrogen-bond acceptors (Lipinski definition) is 4. The Morgan fingerprint density at radius 1 is 1.42 bits per heavy atom. The van der Waals surface area contributed by atoms with Crippen molar-refractivity contribution in [2.75, 3.05) is 5.73 Å². The Hall–Kier alpha value is -1.60. The third-order valence-electron chi connectivity index (χ3n) is 2.24. The lowest BCUT2D eigenvalue weighted by Gasteiger charge is -2.06. The summed E-state index contributed by atoms with van der Waals surface area (Å²) in [5, 5.41) is 3.79. The number of benzene rings is 1. The Bertz CT molecular complexity index is 624. The summed E-state index contributed by atoms with van der Waals surface area (Å²) in [7, 11) is 0. The maximum Gasteiger partial charge on any atom is 0.273 e. The quantitative estimate of drug-likeness (QED) is 0.483. The normalized spacial score (nSPS) is 10.8. The van der Waals surface area contributed by atoms with Gasteiger partial charge in [-0.2, -0.15) is 5.10 Å². The highest BCUT2D eigenvalue weighted by Crippen LogP contribution is 2.28. The van der Waals surface area contributed by atoms with Crippen molar-refractivity contribution in [3.05, 3.63) is 50.8 Å². The largest absolute Gasteiger partial charge is 0.463 e. The molecule has 3 N–H and O–H groups in total. The molecule has 2 rings (SSSR count). The van der Waals surface area contributed by atoms with Crippen molar-refractivity contribution in [2.45, 2.75) is 0 Å². The van der Waals surface area contributed by atoms with E-state index in [0.717, 1.165) is 4.47 Å². The van der Waals surface area contributed by atoms with Gasteiger partial charge in [0, 0.05) is 8.95 Å². The highest BCUT2D eigenvalue weighted by Gasteiger charge is 2.12. The highest BCUT2D eigenvalue weighted by atomic mass is 79.9. The number of nitrogens with two attached hydrogens (primary N) is 1. The van der Waals surface area contributed by atoms with E-state index in [1.807, 2.05) is 0 Å². The van der Waals surface area contributed by atoms with Gasteiger partial charge >= 0.3 is 0 Å². The van der Waals surface area contributed by atoms with Gasteiger partial charge in [-0.1, -0.05) is 15.9 Å². The minimum absolute atomic E-state index is 0.331. The minimum Gasteiger partial charge on any atom is -0.463 e. The zero-order valence-corrected chi connectivity index (χ0v) is 12.7. The molecule has 7 heteroatoms. The fourth-order valence-electron chi connectivity index (χ4n) is 1.35. The summed E-state index contributed by atoms with van der Waals surface area (Å²) in [6.45, 7) is 0. The summed E-state index contributed by atoms with van der Waals surface area (Å²) in [5.41, 5.74) is 8.89. The first-order valence-electron chi connectivity index (χ1n) is 5.19. The van der Waals surface area contributed by atoms with Gasteiger partial charge in [0.05, 0.1) is 23.7 Å². The second kappa shape index (κ2) is 6.03. The van der Waals surface area contributed by atoms with Crippen LogP contribution in [0.25, 0.3) is 0 Å². The Morgan fingerprint density at radius 3 is 2.89 bits per heavy atom. The van der Waals surface area contributed by atoms with E-state index >= 15 is 0 Å². The summed E-state index contributed by atoms with van der Waals surface area (Å²) in [6, 6.07) is 6.84. The monoisotopic (exact) mass is 385 g/mol. The predicted octanol–water partition coefficient (Wildman–Crippen LogP) is 3.15. The molecule has 0 saturated carbocycles. The number of carbonyl (C=O) groups is 1. The zero-order valence-electron chi connectivity index (χ0n) is 9.56. The van der Waals surface area contributed by atoms with E-state index in [0.29, 0.717) is 21.5 Å². The van der Waals surface area contributed by atoms with Gasteiger partial charge in [0.1, 0.15) is 5.76 Å². The van der Waals surface area contributed by atoms with Crippen molar-refractivity contribution in [1.82, 2.24) is 5.43 Å². The first-order valence-corrected chi connectivity index (χ1v) is 6.78. The van der Waals surface area contributed by atoms with Crippen LogP contribution in [0.3, 0.4) is 0 Å². The van der Waals surface area contributed by atoms with Crippen LogP contribution in [0.5, 0.6) is 0 Å². The van der Waals surface area contributed by atoms with Gasteiger partial charge in [-0.3, -0.25) is 4.79 Å². The molecule has 1 aromatic carbocycles. The Balaban J connectivity index is 2.12. The van der Waals surface area contributed by atoms with Crippen molar-refractivity contribution in [3.8, 4) is 0 Å². The molecular formula is C12H9Br2N3O2. The molecule has 5 nitrogen and oxygen atoms in total. The van der Waals surface area contributed by atoms with Gasteiger partial charge in [0.25, 0.3) is 5.91 Å². The standard InChI is InChI=1S/C12H9Br2N3O2/c13-7-4-9(11(15)10(14)5-7)12(18)17-16-6-8-2-1-3-19-8/h1-6H,15H2,(H,17,18). The average Bonchev–Trinajstić information content (AvgIpc) is 2.86. The highest BCUT2D eigenvalue weighted by molar-refractivity contribution is 9.11. The molecule has 0 fully saturated rings. The molecule has 1 aromatic heterocycles. The molecule has 0 radical (unpaired) electrons. The third-order valence-corrected chi connectivity index (χ3v) is 3.35. The van der Waals surface area contributed by atoms with Crippen LogP contribution in [-0.4, -0.2) is 12.1 Å². The van der Waals surface area contributed by atoms with Gasteiger partial charge in [0.2, 0.25) is 0 Å². The minimum atomic E-state index is -0.401. The second-order valence-corrected chi connectivity index (χ2v) is 5.33. The lowest BCUT2D eigenvalue weighted by atomic mass is 10.2. The molecule has 0 unspecified atom stereocenters. The molecule has 1 amide bonds. The summed E-state index contributed by atoms with van der Waals surface area (Å²) in [4.78, 5) is 11.9. The van der Waals surface area contributed by atoms with E-state index in [2.05, 4.69) is 42.4 Å². The van der Waals surface area contributed by atoms with Crippen LogP contribution in [0, 0.1) is 0 Å². The van der Waals surface area contributed by atoms with Crippen LogP contribution in [0.2, 0.25) is 0 Å². The molecule has 0 aliphatic rings. The molecule has 0 aliphatic heterocycles. The lowest BCUT2D eigenvalue weighted by Crippen LogP contribution is -2.19. The van der Waals surface area contributed by atoms with Crippen molar-refractivity contribution in [3.63, 3.8) is 0 Å². The lowest BCUT2D eigenvalue weighted by molar-refractivity contribution is 0.0956. The number of halogens is 2. The molecule has 0 spiro atoms. The first-order chi connectivity index (χ1) is 9.08. The van der Waals surface area contributed by atoms with E-state index in [1.54, 1.807) is 24.3 Å². The maximum atomic E-state index is 11.9. The number of hydrogen-bond donors (Lipinski definition) is 2. The van der Waals surface area contributed by atoms with Crippen LogP contribution in [-0.2, 0) is 0 Å². The number of amides is 1. The number of nitrogen functional groups attached to an aromatic ring is 1. The molecule has 2 aromatic rings. The molecule has 98 valence electrons. The molecular weight excluding hydrogens is 378 g/mol. The molecule has 0 saturated heterocycles. The van der Waals surface area contributed by atoms with E-state index in [9.17, 15) is 4.79 Å². The van der Waals surface area contributed by atoms with Crippen LogP contribution in [0.15, 0.2) is 49.0 Å². The van der Waals surface area contributed by atoms with Crippen LogP contribution < -0.4 is 11.2 Å². The van der Waals surface area contributed by atoms with Gasteiger partial charge < -0.3 is 10.2 Å². The van der Waals surface area contributed by atoms with Crippen LogP contribution in [0.1, 0.15) is 16.1 Å². The summed E-state index contributed by atoms with van der Waals surface area (Å²) < 4.78 is 6.43. The smallest absolute Gasteiger partial charge is 0.273 e. The Kier molecular flexibility index (Phi) is 4.39. The van der Waals surface area contributed by atoms with Gasteiger partial charge in [-0.05, 0) is 40.2 Å². The molecule has 19 heavy (non-hydrogen) atoms. The van der Waals surface area contributed by atoms with Crippen LogP contribution >= 0.6 is 31.9 Å². The average molecular weight is 387 g/mol. The second-order valence-electron chi connectivity index (χ2n) is 3.56. The van der Waals surface area contributed by atoms with Gasteiger partial charge in [-0.25, -0.2) is 5.43 Å². The van der Waals surface area contributed by atoms with Crippen LogP contribution in [0.4, 0.5) is 5.69 Å². The number of hydrazone groups is 1. The number of carbonyl (C=O) groups excluding carboxylic acids is 1. The zero-order chi connectivity index (χ0) is 13.8. The van der Waals surface area contributed by atoms with E-state index in [4.69, 9.17) is 10.2 Å². The topological polar surface area (TPSA) is 80.6 Å².